The van der Waals surface area contributed by atoms with Crippen molar-refractivity contribution in [3.8, 4) is 0 Å². The van der Waals surface area contributed by atoms with E-state index in [1.807, 2.05) is 0 Å². The fourth-order valence-corrected chi connectivity index (χ4v) is 2.24. The minimum Gasteiger partial charge on any atom is -0.344 e. The van der Waals surface area contributed by atoms with Crippen LogP contribution in [0.5, 0.6) is 0 Å². The van der Waals surface area contributed by atoms with Gasteiger partial charge in [-0.25, -0.2) is 0 Å². The van der Waals surface area contributed by atoms with E-state index in [1.165, 1.54) is 11.1 Å². The summed E-state index contributed by atoms with van der Waals surface area (Å²) in [6.07, 6.45) is 6.11. The van der Waals surface area contributed by atoms with E-state index in [4.69, 9.17) is 9.47 Å². The zero-order chi connectivity index (χ0) is 10.1. The van der Waals surface area contributed by atoms with Gasteiger partial charge in [-0.15, -0.1) is 0 Å². The van der Waals surface area contributed by atoms with Crippen LogP contribution in [0.15, 0.2) is 30.3 Å². The molecule has 1 aromatic carbocycles. The summed E-state index contributed by atoms with van der Waals surface area (Å²) in [5, 5.41) is 0. The third-order valence-corrected chi connectivity index (χ3v) is 3.09. The summed E-state index contributed by atoms with van der Waals surface area (Å²) >= 11 is 0. The molecule has 1 aliphatic carbocycles. The fourth-order valence-electron chi connectivity index (χ4n) is 2.24. The SMILES string of the molecule is C1=CC2(CCc3ccccc31)OCCO2. The van der Waals surface area contributed by atoms with E-state index in [9.17, 15) is 0 Å². The molecule has 0 N–H and O–H groups in total. The Bertz CT molecular complexity index is 389. The maximum Gasteiger partial charge on any atom is 0.188 e. The Morgan fingerprint density at radius 1 is 1.07 bits per heavy atom. The Morgan fingerprint density at radius 2 is 1.87 bits per heavy atom. The predicted molar refractivity (Wildman–Crippen MR) is 58.4 cm³/mol. The number of aryl methyl sites for hydroxylation is 1. The van der Waals surface area contributed by atoms with Gasteiger partial charge in [-0.3, -0.25) is 0 Å². The molecule has 0 amide bonds. The van der Waals surface area contributed by atoms with E-state index in [0.29, 0.717) is 13.2 Å². The van der Waals surface area contributed by atoms with E-state index in [-0.39, 0.29) is 0 Å². The molecule has 15 heavy (non-hydrogen) atoms. The molecule has 1 saturated heterocycles. The Balaban J connectivity index is 1.95. The van der Waals surface area contributed by atoms with Gasteiger partial charge in [-0.2, -0.15) is 0 Å². The maximum absolute atomic E-state index is 5.68. The molecule has 2 nitrogen and oxygen atoms in total. The van der Waals surface area contributed by atoms with Gasteiger partial charge in [-0.05, 0) is 23.6 Å². The van der Waals surface area contributed by atoms with E-state index in [1.54, 1.807) is 0 Å². The lowest BCUT2D eigenvalue weighted by Crippen LogP contribution is -2.27. The van der Waals surface area contributed by atoms with Gasteiger partial charge < -0.3 is 9.47 Å². The summed E-state index contributed by atoms with van der Waals surface area (Å²) in [6.45, 7) is 1.42. The molecule has 1 aromatic rings. The number of fused-ring (bicyclic) bond motifs is 1. The number of benzene rings is 1. The highest BCUT2D eigenvalue weighted by atomic mass is 16.7. The third-order valence-electron chi connectivity index (χ3n) is 3.09. The molecule has 3 rings (SSSR count). The van der Waals surface area contributed by atoms with Gasteiger partial charge in [0.05, 0.1) is 13.2 Å². The molecule has 2 heteroatoms. The molecule has 1 fully saturated rings. The summed E-state index contributed by atoms with van der Waals surface area (Å²) in [5.74, 6) is -0.445. The molecule has 0 aromatic heterocycles. The Morgan fingerprint density at radius 3 is 2.73 bits per heavy atom. The third kappa shape index (κ3) is 1.60. The topological polar surface area (TPSA) is 18.5 Å². The molecule has 1 spiro atoms. The van der Waals surface area contributed by atoms with Crippen LogP contribution in [0.25, 0.3) is 6.08 Å². The van der Waals surface area contributed by atoms with Gasteiger partial charge >= 0.3 is 0 Å². The van der Waals surface area contributed by atoms with Gasteiger partial charge in [0.15, 0.2) is 5.79 Å². The van der Waals surface area contributed by atoms with Crippen molar-refractivity contribution >= 4 is 6.08 Å². The van der Waals surface area contributed by atoms with Crippen LogP contribution in [0.3, 0.4) is 0 Å². The van der Waals surface area contributed by atoms with Crippen molar-refractivity contribution in [2.45, 2.75) is 18.6 Å². The summed E-state index contributed by atoms with van der Waals surface area (Å²) in [5.41, 5.74) is 2.66. The van der Waals surface area contributed by atoms with Gasteiger partial charge in [0.1, 0.15) is 0 Å². The van der Waals surface area contributed by atoms with E-state index in [2.05, 4.69) is 36.4 Å². The maximum atomic E-state index is 5.68. The smallest absolute Gasteiger partial charge is 0.188 e. The van der Waals surface area contributed by atoms with Crippen LogP contribution >= 0.6 is 0 Å². The van der Waals surface area contributed by atoms with Crippen molar-refractivity contribution < 1.29 is 9.47 Å². The quantitative estimate of drug-likeness (QED) is 0.643. The largest absolute Gasteiger partial charge is 0.344 e. The van der Waals surface area contributed by atoms with E-state index >= 15 is 0 Å². The van der Waals surface area contributed by atoms with Gasteiger partial charge in [-0.1, -0.05) is 30.3 Å². The van der Waals surface area contributed by atoms with Crippen molar-refractivity contribution in [3.05, 3.63) is 41.5 Å². The Kier molecular flexibility index (Phi) is 2.11. The summed E-state index contributed by atoms with van der Waals surface area (Å²) < 4.78 is 11.4. The molecule has 1 aliphatic heterocycles. The van der Waals surface area contributed by atoms with Crippen LogP contribution in [0, 0.1) is 0 Å². The molecular formula is C13H14O2. The first-order valence-corrected chi connectivity index (χ1v) is 5.43. The first-order valence-electron chi connectivity index (χ1n) is 5.43. The van der Waals surface area contributed by atoms with Gasteiger partial charge in [0.25, 0.3) is 0 Å². The lowest BCUT2D eigenvalue weighted by atomic mass is 10.0. The average Bonchev–Trinajstić information content (AvgIpc) is 2.65. The number of ether oxygens (including phenoxy) is 2. The van der Waals surface area contributed by atoms with Crippen molar-refractivity contribution in [2.24, 2.45) is 0 Å². The molecule has 0 unspecified atom stereocenters. The van der Waals surface area contributed by atoms with Crippen molar-refractivity contribution in [1.82, 2.24) is 0 Å². The summed E-state index contributed by atoms with van der Waals surface area (Å²) in [6, 6.07) is 8.46. The minimum absolute atomic E-state index is 0.445. The zero-order valence-corrected chi connectivity index (χ0v) is 8.61. The second kappa shape index (κ2) is 3.47. The molecule has 0 saturated carbocycles. The van der Waals surface area contributed by atoms with Crippen LogP contribution in [0.1, 0.15) is 17.5 Å². The molecule has 78 valence electrons. The van der Waals surface area contributed by atoms with Crippen LogP contribution < -0.4 is 0 Å². The molecule has 0 atom stereocenters. The van der Waals surface area contributed by atoms with E-state index in [0.717, 1.165) is 12.8 Å². The average molecular weight is 202 g/mol. The normalized spacial score (nSPS) is 22.7. The van der Waals surface area contributed by atoms with Crippen molar-refractivity contribution in [1.29, 1.82) is 0 Å². The second-order valence-corrected chi connectivity index (χ2v) is 4.04. The first-order chi connectivity index (χ1) is 7.38. The van der Waals surface area contributed by atoms with Crippen LogP contribution in [0.4, 0.5) is 0 Å². The van der Waals surface area contributed by atoms with Crippen molar-refractivity contribution in [3.63, 3.8) is 0 Å². The highest BCUT2D eigenvalue weighted by Crippen LogP contribution is 2.31. The standard InChI is InChI=1S/C13H14O2/c1-2-4-12-6-8-13(14-9-10-15-13)7-5-11(12)3-1/h1-5,7H,6,8-10H2. The molecule has 0 bridgehead atoms. The Labute approximate surface area is 89.5 Å². The summed E-state index contributed by atoms with van der Waals surface area (Å²) in [4.78, 5) is 0. The highest BCUT2D eigenvalue weighted by molar-refractivity contribution is 5.56. The number of rotatable bonds is 0. The van der Waals surface area contributed by atoms with Crippen LogP contribution in [-0.4, -0.2) is 19.0 Å². The minimum atomic E-state index is -0.445. The van der Waals surface area contributed by atoms with Crippen molar-refractivity contribution in [2.75, 3.05) is 13.2 Å². The van der Waals surface area contributed by atoms with Gasteiger partial charge in [0.2, 0.25) is 0 Å². The lowest BCUT2D eigenvalue weighted by Gasteiger charge is -2.21. The molecule has 0 radical (unpaired) electrons. The molecule has 2 aliphatic rings. The first kappa shape index (κ1) is 9.13. The molecule has 1 heterocycles. The monoisotopic (exact) mass is 202 g/mol. The van der Waals surface area contributed by atoms with Gasteiger partial charge in [0, 0.05) is 6.42 Å². The zero-order valence-electron chi connectivity index (χ0n) is 8.61. The number of hydrogen-bond acceptors (Lipinski definition) is 2. The number of hydrogen-bond donors (Lipinski definition) is 0. The summed E-state index contributed by atoms with van der Waals surface area (Å²) in [7, 11) is 0. The molecular weight excluding hydrogens is 188 g/mol. The van der Waals surface area contributed by atoms with E-state index < -0.39 is 5.79 Å². The van der Waals surface area contributed by atoms with Crippen LogP contribution in [-0.2, 0) is 15.9 Å². The fraction of sp³-hybridized carbons (Fsp3) is 0.385. The van der Waals surface area contributed by atoms with Crippen LogP contribution in [0.2, 0.25) is 0 Å². The lowest BCUT2D eigenvalue weighted by molar-refractivity contribution is -0.119. The second-order valence-electron chi connectivity index (χ2n) is 4.04. The predicted octanol–water partition coefficient (Wildman–Crippen LogP) is 2.39. The highest BCUT2D eigenvalue weighted by Gasteiger charge is 2.34. The Hall–Kier alpha value is -1.12.